The molecule has 3 saturated carbocycles. The predicted molar refractivity (Wildman–Crippen MR) is 79.2 cm³/mol. The third-order valence-corrected chi connectivity index (χ3v) is 6.07. The van der Waals surface area contributed by atoms with Gasteiger partial charge in [0.2, 0.25) is 0 Å². The van der Waals surface area contributed by atoms with Crippen LogP contribution in [0.1, 0.15) is 64.2 Å². The number of nitrogens with zero attached hydrogens (tertiary/aromatic N) is 1. The SMILES string of the molecule is C1CCCC(N2CC(C3CC3)NCC2C2CC2)CC1. The normalized spacial score (nSPS) is 39.2. The Morgan fingerprint density at radius 2 is 1.42 bits per heavy atom. The van der Waals surface area contributed by atoms with Crippen molar-refractivity contribution in [1.82, 2.24) is 10.2 Å². The molecule has 4 aliphatic rings. The summed E-state index contributed by atoms with van der Waals surface area (Å²) in [6.07, 6.45) is 14.9. The fourth-order valence-electron chi connectivity index (χ4n) is 4.56. The van der Waals surface area contributed by atoms with Gasteiger partial charge in [-0.05, 0) is 50.4 Å². The van der Waals surface area contributed by atoms with Crippen LogP contribution in [0.2, 0.25) is 0 Å². The molecular formula is C17H30N2. The van der Waals surface area contributed by atoms with Crippen LogP contribution in [0, 0.1) is 11.8 Å². The summed E-state index contributed by atoms with van der Waals surface area (Å²) in [6, 6.07) is 2.65. The van der Waals surface area contributed by atoms with E-state index in [1.807, 2.05) is 0 Å². The molecule has 1 aliphatic heterocycles. The first kappa shape index (κ1) is 12.6. The van der Waals surface area contributed by atoms with Crippen LogP contribution in [0.5, 0.6) is 0 Å². The molecule has 3 aliphatic carbocycles. The van der Waals surface area contributed by atoms with E-state index in [2.05, 4.69) is 10.2 Å². The van der Waals surface area contributed by atoms with Crippen molar-refractivity contribution < 1.29 is 0 Å². The fourth-order valence-corrected chi connectivity index (χ4v) is 4.56. The quantitative estimate of drug-likeness (QED) is 0.786. The number of hydrogen-bond acceptors (Lipinski definition) is 2. The van der Waals surface area contributed by atoms with Crippen molar-refractivity contribution >= 4 is 0 Å². The molecule has 108 valence electrons. The Kier molecular flexibility index (Phi) is 3.57. The van der Waals surface area contributed by atoms with Crippen molar-refractivity contribution in [1.29, 1.82) is 0 Å². The van der Waals surface area contributed by atoms with Crippen LogP contribution in [0.4, 0.5) is 0 Å². The highest BCUT2D eigenvalue weighted by atomic mass is 15.3. The zero-order chi connectivity index (χ0) is 12.7. The molecular weight excluding hydrogens is 232 g/mol. The molecule has 2 nitrogen and oxygen atoms in total. The van der Waals surface area contributed by atoms with E-state index in [-0.39, 0.29) is 0 Å². The van der Waals surface area contributed by atoms with E-state index in [1.165, 1.54) is 77.3 Å². The second-order valence-electron chi connectivity index (χ2n) is 7.60. The minimum absolute atomic E-state index is 0.832. The molecule has 19 heavy (non-hydrogen) atoms. The second kappa shape index (κ2) is 5.37. The van der Waals surface area contributed by atoms with Crippen LogP contribution in [-0.2, 0) is 0 Å². The lowest BCUT2D eigenvalue weighted by Crippen LogP contribution is -2.60. The van der Waals surface area contributed by atoms with Gasteiger partial charge in [0.25, 0.3) is 0 Å². The van der Waals surface area contributed by atoms with Gasteiger partial charge >= 0.3 is 0 Å². The molecule has 0 aromatic heterocycles. The zero-order valence-electron chi connectivity index (χ0n) is 12.3. The van der Waals surface area contributed by atoms with Crippen molar-refractivity contribution in [2.75, 3.05) is 13.1 Å². The molecule has 0 radical (unpaired) electrons. The molecule has 0 aromatic rings. The Balaban J connectivity index is 1.46. The first-order chi connectivity index (χ1) is 9.42. The van der Waals surface area contributed by atoms with E-state index in [1.54, 1.807) is 0 Å². The Hall–Kier alpha value is -0.0800. The molecule has 0 amide bonds. The zero-order valence-corrected chi connectivity index (χ0v) is 12.3. The molecule has 1 N–H and O–H groups in total. The predicted octanol–water partition coefficient (Wildman–Crippen LogP) is 3.17. The fraction of sp³-hybridized carbons (Fsp3) is 1.00. The summed E-state index contributed by atoms with van der Waals surface area (Å²) in [5.74, 6) is 2.06. The maximum absolute atomic E-state index is 3.90. The van der Waals surface area contributed by atoms with E-state index in [4.69, 9.17) is 0 Å². The molecule has 1 saturated heterocycles. The van der Waals surface area contributed by atoms with Crippen molar-refractivity contribution in [2.45, 2.75) is 82.3 Å². The lowest BCUT2D eigenvalue weighted by atomic mass is 9.96. The Morgan fingerprint density at radius 3 is 2.05 bits per heavy atom. The summed E-state index contributed by atoms with van der Waals surface area (Å²) in [6.45, 7) is 2.67. The third kappa shape index (κ3) is 2.85. The molecule has 2 heteroatoms. The average Bonchev–Trinajstić information content (AvgIpc) is 3.35. The summed E-state index contributed by atoms with van der Waals surface area (Å²) in [5, 5.41) is 3.90. The van der Waals surface area contributed by atoms with Crippen LogP contribution in [0.25, 0.3) is 0 Å². The van der Waals surface area contributed by atoms with Gasteiger partial charge in [-0.1, -0.05) is 25.7 Å². The van der Waals surface area contributed by atoms with Gasteiger partial charge in [-0.2, -0.15) is 0 Å². The minimum Gasteiger partial charge on any atom is -0.311 e. The molecule has 1 heterocycles. The van der Waals surface area contributed by atoms with Crippen LogP contribution in [0.15, 0.2) is 0 Å². The van der Waals surface area contributed by atoms with Gasteiger partial charge in [-0.15, -0.1) is 0 Å². The van der Waals surface area contributed by atoms with Crippen molar-refractivity contribution in [3.8, 4) is 0 Å². The monoisotopic (exact) mass is 262 g/mol. The average molecular weight is 262 g/mol. The summed E-state index contributed by atoms with van der Waals surface area (Å²) in [4.78, 5) is 2.99. The Morgan fingerprint density at radius 1 is 0.737 bits per heavy atom. The lowest BCUT2D eigenvalue weighted by Gasteiger charge is -2.45. The van der Waals surface area contributed by atoms with E-state index in [9.17, 15) is 0 Å². The molecule has 0 spiro atoms. The highest BCUT2D eigenvalue weighted by molar-refractivity contribution is 5.01. The molecule has 0 bridgehead atoms. The Labute approximate surface area is 118 Å². The van der Waals surface area contributed by atoms with Crippen LogP contribution < -0.4 is 5.32 Å². The van der Waals surface area contributed by atoms with Crippen LogP contribution >= 0.6 is 0 Å². The first-order valence-electron chi connectivity index (χ1n) is 8.91. The highest BCUT2D eigenvalue weighted by Crippen LogP contribution is 2.41. The number of rotatable bonds is 3. The summed E-state index contributed by atoms with van der Waals surface area (Å²) < 4.78 is 0. The van der Waals surface area contributed by atoms with E-state index in [0.29, 0.717) is 0 Å². The summed E-state index contributed by atoms with van der Waals surface area (Å²) in [5.41, 5.74) is 0. The smallest absolute Gasteiger partial charge is 0.0252 e. The lowest BCUT2D eigenvalue weighted by molar-refractivity contribution is 0.0563. The molecule has 0 aromatic carbocycles. The summed E-state index contributed by atoms with van der Waals surface area (Å²) >= 11 is 0. The van der Waals surface area contributed by atoms with Gasteiger partial charge in [-0.25, -0.2) is 0 Å². The van der Waals surface area contributed by atoms with Gasteiger partial charge in [0.05, 0.1) is 0 Å². The third-order valence-electron chi connectivity index (χ3n) is 6.07. The maximum Gasteiger partial charge on any atom is 0.0252 e. The number of nitrogens with one attached hydrogen (secondary N) is 1. The van der Waals surface area contributed by atoms with Gasteiger partial charge in [0.1, 0.15) is 0 Å². The van der Waals surface area contributed by atoms with Gasteiger partial charge in [0, 0.05) is 31.2 Å². The van der Waals surface area contributed by atoms with Crippen LogP contribution in [0.3, 0.4) is 0 Å². The number of hydrogen-bond donors (Lipinski definition) is 1. The largest absolute Gasteiger partial charge is 0.311 e. The van der Waals surface area contributed by atoms with E-state index < -0.39 is 0 Å². The summed E-state index contributed by atoms with van der Waals surface area (Å²) in [7, 11) is 0. The second-order valence-corrected chi connectivity index (χ2v) is 7.60. The van der Waals surface area contributed by atoms with Gasteiger partial charge < -0.3 is 5.32 Å². The highest BCUT2D eigenvalue weighted by Gasteiger charge is 2.44. The van der Waals surface area contributed by atoms with E-state index in [0.717, 1.165) is 30.0 Å². The maximum atomic E-state index is 3.90. The minimum atomic E-state index is 0.832. The van der Waals surface area contributed by atoms with Gasteiger partial charge in [0.15, 0.2) is 0 Å². The standard InChI is InChI=1S/C17H30N2/c1-2-4-6-15(5-3-1)19-12-16(13-7-8-13)18-11-17(19)14-9-10-14/h13-18H,1-12H2. The van der Waals surface area contributed by atoms with Crippen molar-refractivity contribution in [3.63, 3.8) is 0 Å². The van der Waals surface area contributed by atoms with Crippen molar-refractivity contribution in [3.05, 3.63) is 0 Å². The Bertz CT molecular complexity index is 300. The molecule has 4 rings (SSSR count). The number of piperazine rings is 1. The molecule has 2 atom stereocenters. The topological polar surface area (TPSA) is 15.3 Å². The first-order valence-corrected chi connectivity index (χ1v) is 8.91. The van der Waals surface area contributed by atoms with Crippen molar-refractivity contribution in [2.24, 2.45) is 11.8 Å². The van der Waals surface area contributed by atoms with E-state index >= 15 is 0 Å². The molecule has 2 unspecified atom stereocenters. The van der Waals surface area contributed by atoms with Gasteiger partial charge in [-0.3, -0.25) is 4.90 Å². The molecule has 4 fully saturated rings. The van der Waals surface area contributed by atoms with Crippen LogP contribution in [-0.4, -0.2) is 36.1 Å².